The van der Waals surface area contributed by atoms with E-state index >= 15 is 0 Å². The second kappa shape index (κ2) is 5.10. The van der Waals surface area contributed by atoms with Gasteiger partial charge < -0.3 is 5.32 Å². The van der Waals surface area contributed by atoms with Crippen molar-refractivity contribution in [1.29, 1.82) is 0 Å². The van der Waals surface area contributed by atoms with Crippen molar-refractivity contribution in [2.24, 2.45) is 11.3 Å². The van der Waals surface area contributed by atoms with E-state index < -0.39 is 10.1 Å². The lowest BCUT2D eigenvalue weighted by Crippen LogP contribution is -2.77. The summed E-state index contributed by atoms with van der Waals surface area (Å²) >= 11 is 0. The quantitative estimate of drug-likeness (QED) is 0.761. The Kier molecular flexibility index (Phi) is 4.51. The minimum Gasteiger partial charge on any atom is -0.308 e. The van der Waals surface area contributed by atoms with E-state index in [0.29, 0.717) is 11.0 Å². The fourth-order valence-electron chi connectivity index (χ4n) is 2.97. The molecule has 0 spiro atoms. The van der Waals surface area contributed by atoms with Gasteiger partial charge in [0.05, 0.1) is 5.75 Å². The molecular formula is C13H27NO3S. The zero-order chi connectivity index (χ0) is 14.2. The molecule has 2 heterocycles. The van der Waals surface area contributed by atoms with E-state index in [0.717, 1.165) is 6.04 Å². The van der Waals surface area contributed by atoms with Crippen LogP contribution in [-0.4, -0.2) is 30.3 Å². The summed E-state index contributed by atoms with van der Waals surface area (Å²) in [7, 11) is -3.72. The molecule has 2 aliphatic heterocycles. The predicted molar refractivity (Wildman–Crippen MR) is 74.2 cm³/mol. The molecule has 3 aliphatic rings. The fourth-order valence-corrected chi connectivity index (χ4v) is 3.81. The molecule has 3 fully saturated rings. The van der Waals surface area contributed by atoms with Crippen LogP contribution >= 0.6 is 0 Å². The third kappa shape index (κ3) is 3.45. The van der Waals surface area contributed by atoms with Gasteiger partial charge in [0.25, 0.3) is 10.1 Å². The highest BCUT2D eigenvalue weighted by molar-refractivity contribution is 7.85. The van der Waals surface area contributed by atoms with Gasteiger partial charge in [0.15, 0.2) is 0 Å². The van der Waals surface area contributed by atoms with Gasteiger partial charge >= 0.3 is 0 Å². The molecule has 2 unspecified atom stereocenters. The zero-order valence-corrected chi connectivity index (χ0v) is 13.0. The monoisotopic (exact) mass is 277 g/mol. The van der Waals surface area contributed by atoms with E-state index in [1.807, 2.05) is 0 Å². The lowest BCUT2D eigenvalue weighted by Gasteiger charge is -2.65. The number of fused-ring (bicyclic) bond motifs is 2. The van der Waals surface area contributed by atoms with Crippen LogP contribution in [0.15, 0.2) is 0 Å². The maximum atomic E-state index is 10.00. The third-order valence-electron chi connectivity index (χ3n) is 4.50. The van der Waals surface area contributed by atoms with Crippen LogP contribution in [0.1, 0.15) is 53.9 Å². The molecule has 0 radical (unpaired) electrons. The first-order valence-corrected chi connectivity index (χ1v) is 8.32. The van der Waals surface area contributed by atoms with Gasteiger partial charge in [-0.05, 0) is 31.1 Å². The van der Waals surface area contributed by atoms with Crippen molar-refractivity contribution in [2.75, 3.05) is 5.75 Å². The van der Waals surface area contributed by atoms with Crippen LogP contribution in [0.5, 0.6) is 0 Å². The van der Waals surface area contributed by atoms with Crippen molar-refractivity contribution in [3.05, 3.63) is 0 Å². The van der Waals surface area contributed by atoms with Crippen molar-refractivity contribution < 1.29 is 13.0 Å². The average Bonchev–Trinajstić information content (AvgIpc) is 2.14. The van der Waals surface area contributed by atoms with Gasteiger partial charge in [-0.2, -0.15) is 8.42 Å². The summed E-state index contributed by atoms with van der Waals surface area (Å²) in [5.74, 6) is -0.141. The number of rotatable bonds is 2. The van der Waals surface area contributed by atoms with Crippen LogP contribution in [0.2, 0.25) is 0 Å². The second-order valence-corrected chi connectivity index (χ2v) is 8.28. The van der Waals surface area contributed by atoms with E-state index in [2.05, 4.69) is 26.1 Å². The Labute approximate surface area is 111 Å². The number of nitrogens with one attached hydrogen (secondary N) is 1. The Morgan fingerprint density at radius 3 is 2.06 bits per heavy atom. The van der Waals surface area contributed by atoms with E-state index in [9.17, 15) is 8.42 Å². The molecule has 2 saturated heterocycles. The molecule has 0 aromatic carbocycles. The molecule has 0 aromatic rings. The van der Waals surface area contributed by atoms with Crippen molar-refractivity contribution >= 4 is 10.1 Å². The molecule has 5 heteroatoms. The van der Waals surface area contributed by atoms with Gasteiger partial charge in [0.1, 0.15) is 0 Å². The van der Waals surface area contributed by atoms with Crippen LogP contribution in [0.25, 0.3) is 0 Å². The lowest BCUT2D eigenvalue weighted by atomic mass is 9.54. The van der Waals surface area contributed by atoms with Crippen LogP contribution in [0.4, 0.5) is 0 Å². The van der Waals surface area contributed by atoms with Gasteiger partial charge in [-0.25, -0.2) is 0 Å². The Bertz CT molecular complexity index is 382. The van der Waals surface area contributed by atoms with Crippen molar-refractivity contribution in [3.8, 4) is 0 Å². The van der Waals surface area contributed by atoms with Crippen molar-refractivity contribution in [3.63, 3.8) is 0 Å². The summed E-state index contributed by atoms with van der Waals surface area (Å²) in [5.41, 5.74) is 1.03. The Morgan fingerprint density at radius 1 is 1.33 bits per heavy atom. The van der Waals surface area contributed by atoms with Crippen LogP contribution in [0, 0.1) is 11.3 Å². The summed E-state index contributed by atoms with van der Waals surface area (Å²) in [6.45, 7) is 10.6. The highest BCUT2D eigenvalue weighted by atomic mass is 32.2. The molecule has 108 valence electrons. The van der Waals surface area contributed by atoms with Crippen LogP contribution in [-0.2, 0) is 10.1 Å². The summed E-state index contributed by atoms with van der Waals surface area (Å²) in [4.78, 5) is 0. The van der Waals surface area contributed by atoms with Gasteiger partial charge in [-0.3, -0.25) is 4.55 Å². The summed E-state index contributed by atoms with van der Waals surface area (Å²) in [5, 5.41) is 3.65. The molecule has 2 bridgehead atoms. The van der Waals surface area contributed by atoms with Gasteiger partial charge in [0, 0.05) is 11.6 Å². The maximum absolute atomic E-state index is 10.00. The van der Waals surface area contributed by atoms with E-state index in [-0.39, 0.29) is 11.7 Å². The molecule has 0 aromatic heterocycles. The molecule has 1 aliphatic carbocycles. The second-order valence-electron chi connectivity index (χ2n) is 6.79. The fraction of sp³-hybridized carbons (Fsp3) is 1.00. The Hall–Kier alpha value is -0.130. The van der Waals surface area contributed by atoms with E-state index in [1.165, 1.54) is 19.3 Å². The third-order valence-corrected chi connectivity index (χ3v) is 5.59. The van der Waals surface area contributed by atoms with Crippen LogP contribution in [0.3, 0.4) is 0 Å². The largest absolute Gasteiger partial charge is 0.308 e. The predicted octanol–water partition coefficient (Wildman–Crippen LogP) is 2.46. The first-order valence-electron chi connectivity index (χ1n) is 6.71. The van der Waals surface area contributed by atoms with Gasteiger partial charge in [0.2, 0.25) is 0 Å². The summed E-state index contributed by atoms with van der Waals surface area (Å²) < 4.78 is 28.2. The van der Waals surface area contributed by atoms with Crippen molar-refractivity contribution in [2.45, 2.75) is 65.5 Å². The zero-order valence-electron chi connectivity index (χ0n) is 12.2. The van der Waals surface area contributed by atoms with Crippen molar-refractivity contribution in [1.82, 2.24) is 5.32 Å². The number of hydrogen-bond donors (Lipinski definition) is 2. The topological polar surface area (TPSA) is 66.4 Å². The van der Waals surface area contributed by atoms with Gasteiger partial charge in [-0.1, -0.05) is 34.1 Å². The van der Waals surface area contributed by atoms with Gasteiger partial charge in [-0.15, -0.1) is 0 Å². The highest BCUT2D eigenvalue weighted by Crippen LogP contribution is 2.51. The highest BCUT2D eigenvalue weighted by Gasteiger charge is 2.58. The molecule has 0 amide bonds. The first kappa shape index (κ1) is 15.9. The molecule has 18 heavy (non-hydrogen) atoms. The standard InChI is InChI=1S/C9H17N.C4H10O3S/c1-8(2)7-5-4-6-9(8,3)10-7;1-4(2)3-8(5,6)7/h7,10H,4-6H2,1-3H3;4H,3H2,1-2H3,(H,5,6,7). The normalized spacial score (nSPS) is 33.4. The lowest BCUT2D eigenvalue weighted by molar-refractivity contribution is -0.0748. The van der Waals surface area contributed by atoms with Crippen LogP contribution < -0.4 is 5.32 Å². The minimum absolute atomic E-state index is 0.00463. The molecule has 2 atom stereocenters. The SMILES string of the molecule is CC(C)CS(=O)(=O)O.CC12CCCC(N1)C2(C)C. The molecule has 1 saturated carbocycles. The molecule has 4 nitrogen and oxygen atoms in total. The number of piperidine rings is 1. The molecular weight excluding hydrogens is 250 g/mol. The smallest absolute Gasteiger partial charge is 0.265 e. The average molecular weight is 277 g/mol. The molecule has 3 rings (SSSR count). The Balaban J connectivity index is 0.000000187. The minimum atomic E-state index is -3.72. The number of hydrogen-bond acceptors (Lipinski definition) is 3. The summed E-state index contributed by atoms with van der Waals surface area (Å²) in [6, 6.07) is 0.811. The maximum Gasteiger partial charge on any atom is 0.265 e. The van der Waals surface area contributed by atoms with E-state index in [4.69, 9.17) is 4.55 Å². The summed E-state index contributed by atoms with van der Waals surface area (Å²) in [6.07, 6.45) is 4.19. The Morgan fingerprint density at radius 2 is 1.89 bits per heavy atom. The molecule has 2 N–H and O–H groups in total. The first-order chi connectivity index (χ1) is 7.98. The van der Waals surface area contributed by atoms with E-state index in [1.54, 1.807) is 13.8 Å².